The summed E-state index contributed by atoms with van der Waals surface area (Å²) in [6, 6.07) is 12.9. The number of nitrogens with zero attached hydrogens (tertiary/aromatic N) is 2. The topological polar surface area (TPSA) is 72.2 Å². The van der Waals surface area contributed by atoms with Gasteiger partial charge in [-0.05, 0) is 36.4 Å². The Bertz CT molecular complexity index is 984. The van der Waals surface area contributed by atoms with Crippen molar-refractivity contribution in [3.05, 3.63) is 81.4 Å². The summed E-state index contributed by atoms with van der Waals surface area (Å²) in [5.74, 6) is -1.95. The van der Waals surface area contributed by atoms with Crippen LogP contribution in [-0.2, 0) is 0 Å². The van der Waals surface area contributed by atoms with Crippen molar-refractivity contribution in [2.45, 2.75) is 0 Å². The highest BCUT2D eigenvalue weighted by atomic mass is 35.5. The van der Waals surface area contributed by atoms with E-state index in [1.807, 2.05) is 0 Å². The first-order chi connectivity index (χ1) is 11.5. The Kier molecular flexibility index (Phi) is 4.14. The summed E-state index contributed by atoms with van der Waals surface area (Å²) in [6.45, 7) is 0. The molecule has 1 N–H and O–H groups in total. The standard InChI is InChI=1S/C17H10ClFN2O3/c18-11-6-4-10(5-7-11)15-9-14(17(23)24)16(22)21(20-15)13-3-1-2-12(19)8-13/h1-9H,(H,23,24). The number of carboxylic acid groups (broad SMARTS) is 1. The maximum absolute atomic E-state index is 13.4. The van der Waals surface area contributed by atoms with Gasteiger partial charge in [0.05, 0.1) is 11.4 Å². The molecule has 0 saturated heterocycles. The third kappa shape index (κ3) is 3.04. The molecular formula is C17H10ClFN2O3. The molecule has 3 rings (SSSR count). The minimum atomic E-state index is -1.39. The summed E-state index contributed by atoms with van der Waals surface area (Å²) < 4.78 is 14.3. The third-order valence-electron chi connectivity index (χ3n) is 3.33. The summed E-state index contributed by atoms with van der Waals surface area (Å²) >= 11 is 5.84. The molecule has 0 fully saturated rings. The number of aromatic nitrogens is 2. The highest BCUT2D eigenvalue weighted by molar-refractivity contribution is 6.30. The van der Waals surface area contributed by atoms with Gasteiger partial charge in [0.15, 0.2) is 0 Å². The van der Waals surface area contributed by atoms with Crippen LogP contribution in [0.3, 0.4) is 0 Å². The molecule has 5 nitrogen and oxygen atoms in total. The number of halogens is 2. The second-order valence-corrected chi connectivity index (χ2v) is 5.39. The molecule has 2 aromatic carbocycles. The van der Waals surface area contributed by atoms with Gasteiger partial charge in [0.2, 0.25) is 0 Å². The van der Waals surface area contributed by atoms with Gasteiger partial charge >= 0.3 is 5.97 Å². The van der Waals surface area contributed by atoms with Crippen LogP contribution in [0.4, 0.5) is 4.39 Å². The molecule has 0 aliphatic carbocycles. The molecule has 0 aliphatic rings. The van der Waals surface area contributed by atoms with Crippen LogP contribution in [0.2, 0.25) is 5.02 Å². The lowest BCUT2D eigenvalue weighted by Crippen LogP contribution is -2.27. The van der Waals surface area contributed by atoms with Gasteiger partial charge in [0.25, 0.3) is 5.56 Å². The molecule has 24 heavy (non-hydrogen) atoms. The van der Waals surface area contributed by atoms with Crippen LogP contribution >= 0.6 is 11.6 Å². The van der Waals surface area contributed by atoms with Crippen LogP contribution in [0.15, 0.2) is 59.4 Å². The van der Waals surface area contributed by atoms with Crippen LogP contribution in [0, 0.1) is 5.82 Å². The van der Waals surface area contributed by atoms with Gasteiger partial charge in [-0.2, -0.15) is 9.78 Å². The largest absolute Gasteiger partial charge is 0.477 e. The fourth-order valence-electron chi connectivity index (χ4n) is 2.19. The molecular weight excluding hydrogens is 335 g/mol. The normalized spacial score (nSPS) is 10.6. The van der Waals surface area contributed by atoms with Gasteiger partial charge in [0, 0.05) is 10.6 Å². The molecule has 0 bridgehead atoms. The van der Waals surface area contributed by atoms with Gasteiger partial charge in [0.1, 0.15) is 11.4 Å². The predicted octanol–water partition coefficient (Wildman–Crippen LogP) is 3.39. The molecule has 0 atom stereocenters. The van der Waals surface area contributed by atoms with Gasteiger partial charge in [-0.25, -0.2) is 9.18 Å². The first-order valence-electron chi connectivity index (χ1n) is 6.85. The number of carbonyl (C=O) groups is 1. The van der Waals surface area contributed by atoms with E-state index in [0.29, 0.717) is 10.6 Å². The summed E-state index contributed by atoms with van der Waals surface area (Å²) in [4.78, 5) is 23.7. The third-order valence-corrected chi connectivity index (χ3v) is 3.59. The molecule has 120 valence electrons. The van der Waals surface area contributed by atoms with Gasteiger partial charge < -0.3 is 5.11 Å². The minimum Gasteiger partial charge on any atom is -0.477 e. The van der Waals surface area contributed by atoms with Crippen molar-refractivity contribution < 1.29 is 14.3 Å². The van der Waals surface area contributed by atoms with Crippen molar-refractivity contribution in [3.63, 3.8) is 0 Å². The van der Waals surface area contributed by atoms with Crippen LogP contribution in [0.5, 0.6) is 0 Å². The molecule has 0 amide bonds. The molecule has 3 aromatic rings. The Labute approximate surface area is 140 Å². The van der Waals surface area contributed by atoms with Crippen molar-refractivity contribution in [1.29, 1.82) is 0 Å². The van der Waals surface area contributed by atoms with Crippen molar-refractivity contribution >= 4 is 17.6 Å². The molecule has 0 radical (unpaired) electrons. The summed E-state index contributed by atoms with van der Waals surface area (Å²) in [6.07, 6.45) is 0. The second-order valence-electron chi connectivity index (χ2n) is 4.95. The molecule has 0 aliphatic heterocycles. The molecule has 1 aromatic heterocycles. The highest BCUT2D eigenvalue weighted by Gasteiger charge is 2.16. The van der Waals surface area contributed by atoms with Crippen LogP contribution in [-0.4, -0.2) is 20.9 Å². The Hall–Kier alpha value is -2.99. The smallest absolute Gasteiger partial charge is 0.341 e. The van der Waals surface area contributed by atoms with E-state index in [4.69, 9.17) is 11.6 Å². The van der Waals surface area contributed by atoms with E-state index in [9.17, 15) is 19.1 Å². The molecule has 0 spiro atoms. The van der Waals surface area contributed by atoms with Crippen molar-refractivity contribution in [1.82, 2.24) is 9.78 Å². The van der Waals surface area contributed by atoms with Gasteiger partial charge in [-0.3, -0.25) is 4.79 Å². The Morgan fingerprint density at radius 1 is 1.12 bits per heavy atom. The SMILES string of the molecule is O=C(O)c1cc(-c2ccc(Cl)cc2)nn(-c2cccc(F)c2)c1=O. The quantitative estimate of drug-likeness (QED) is 0.790. The number of benzene rings is 2. The Morgan fingerprint density at radius 2 is 1.83 bits per heavy atom. The van der Waals surface area contributed by atoms with E-state index in [0.717, 1.165) is 10.7 Å². The fourth-order valence-corrected chi connectivity index (χ4v) is 2.32. The molecule has 0 unspecified atom stereocenters. The van der Waals surface area contributed by atoms with Crippen LogP contribution in [0.1, 0.15) is 10.4 Å². The summed E-state index contributed by atoms with van der Waals surface area (Å²) in [5, 5.41) is 13.9. The summed E-state index contributed by atoms with van der Waals surface area (Å²) in [5.41, 5.74) is -0.330. The second kappa shape index (κ2) is 6.25. The number of hydrogen-bond donors (Lipinski definition) is 1. The molecule has 0 saturated carbocycles. The van der Waals surface area contributed by atoms with E-state index in [1.54, 1.807) is 24.3 Å². The molecule has 7 heteroatoms. The maximum atomic E-state index is 13.4. The van der Waals surface area contributed by atoms with Crippen LogP contribution < -0.4 is 5.56 Å². The number of hydrogen-bond acceptors (Lipinski definition) is 3. The van der Waals surface area contributed by atoms with Gasteiger partial charge in [-0.15, -0.1) is 0 Å². The van der Waals surface area contributed by atoms with Gasteiger partial charge in [-0.1, -0.05) is 29.8 Å². The van der Waals surface area contributed by atoms with Crippen molar-refractivity contribution in [3.8, 4) is 16.9 Å². The monoisotopic (exact) mass is 344 g/mol. The van der Waals surface area contributed by atoms with Crippen molar-refractivity contribution in [2.24, 2.45) is 0 Å². The van der Waals surface area contributed by atoms with E-state index >= 15 is 0 Å². The highest BCUT2D eigenvalue weighted by Crippen LogP contribution is 2.20. The van der Waals surface area contributed by atoms with E-state index < -0.39 is 22.9 Å². The number of rotatable bonds is 3. The zero-order valence-electron chi connectivity index (χ0n) is 12.1. The maximum Gasteiger partial charge on any atom is 0.341 e. The van der Waals surface area contributed by atoms with E-state index in [1.165, 1.54) is 24.3 Å². The Morgan fingerprint density at radius 3 is 2.46 bits per heavy atom. The zero-order chi connectivity index (χ0) is 17.3. The molecule has 1 heterocycles. The lowest BCUT2D eigenvalue weighted by atomic mass is 10.1. The first kappa shape index (κ1) is 15.9. The lowest BCUT2D eigenvalue weighted by Gasteiger charge is -2.09. The average Bonchev–Trinajstić information content (AvgIpc) is 2.55. The number of aromatic carboxylic acids is 1. The van der Waals surface area contributed by atoms with E-state index in [2.05, 4.69) is 5.10 Å². The fraction of sp³-hybridized carbons (Fsp3) is 0. The Balaban J connectivity index is 2.27. The first-order valence-corrected chi connectivity index (χ1v) is 7.23. The minimum absolute atomic E-state index is 0.137. The average molecular weight is 345 g/mol. The van der Waals surface area contributed by atoms with Crippen LogP contribution in [0.25, 0.3) is 16.9 Å². The lowest BCUT2D eigenvalue weighted by molar-refractivity contribution is 0.0694. The number of carboxylic acids is 1. The van der Waals surface area contributed by atoms with Crippen molar-refractivity contribution in [2.75, 3.05) is 0 Å². The van der Waals surface area contributed by atoms with E-state index in [-0.39, 0.29) is 11.4 Å². The summed E-state index contributed by atoms with van der Waals surface area (Å²) in [7, 11) is 0. The predicted molar refractivity (Wildman–Crippen MR) is 87.2 cm³/mol. The zero-order valence-corrected chi connectivity index (χ0v) is 12.9.